The number of likely N-dealkylation sites (tertiary alicyclic amines) is 1. The number of hydrogen-bond donors (Lipinski definition) is 1. The van der Waals surface area contributed by atoms with Crippen LogP contribution >= 0.6 is 0 Å². The summed E-state index contributed by atoms with van der Waals surface area (Å²) in [5.74, 6) is -0.0584. The van der Waals surface area contributed by atoms with E-state index in [1.807, 2.05) is 29.2 Å². The second-order valence-electron chi connectivity index (χ2n) is 11.7. The van der Waals surface area contributed by atoms with Crippen molar-refractivity contribution in [3.05, 3.63) is 66.5 Å². The number of fused-ring (bicyclic) bond motifs is 1. The number of hydrogen-bond acceptors (Lipinski definition) is 9. The lowest BCUT2D eigenvalue weighted by molar-refractivity contribution is -0.141. The highest BCUT2D eigenvalue weighted by Gasteiger charge is 2.45. The molecule has 2 aliphatic heterocycles. The number of alkyl halides is 3. The number of piperidine rings is 1. The molecule has 1 saturated carbocycles. The number of carbonyl (C=O) groups excluding carboxylic acids is 1. The first-order valence-corrected chi connectivity index (χ1v) is 15.1. The molecule has 0 spiro atoms. The second kappa shape index (κ2) is 12.1. The quantitative estimate of drug-likeness (QED) is 0.273. The number of pyridine rings is 1. The zero-order valence-corrected chi connectivity index (χ0v) is 24.6. The number of halogens is 3. The molecule has 3 fully saturated rings. The molecule has 1 aliphatic carbocycles. The van der Waals surface area contributed by atoms with Crippen LogP contribution in [0.4, 0.5) is 18.0 Å². The SMILES string of the molecule is N#C/C=C/C1C(N2CCC(Oc3cc(CN4CCOC4=O)cc(C(F)(F)F)n3)CC2)C[C@@H]1n1cc(-c2ncnc3[nH]ccc23)cn1. The van der Waals surface area contributed by atoms with Crippen LogP contribution in [0, 0.1) is 17.2 Å². The molecule has 2 saturated heterocycles. The summed E-state index contributed by atoms with van der Waals surface area (Å²) in [6.45, 7) is 1.86. The average molecular weight is 634 g/mol. The van der Waals surface area contributed by atoms with E-state index in [1.165, 1.54) is 23.4 Å². The average Bonchev–Trinajstić information content (AvgIpc) is 3.79. The lowest BCUT2D eigenvalue weighted by atomic mass is 9.72. The summed E-state index contributed by atoms with van der Waals surface area (Å²) in [5.41, 5.74) is 1.64. The highest BCUT2D eigenvalue weighted by molar-refractivity contribution is 5.90. The van der Waals surface area contributed by atoms with Gasteiger partial charge >= 0.3 is 12.3 Å². The largest absolute Gasteiger partial charge is 0.474 e. The van der Waals surface area contributed by atoms with Gasteiger partial charge in [0, 0.05) is 67.1 Å². The lowest BCUT2D eigenvalue weighted by Gasteiger charge is -2.50. The van der Waals surface area contributed by atoms with Gasteiger partial charge in [-0.05, 0) is 37.0 Å². The Kier molecular flexibility index (Phi) is 7.81. The Bertz CT molecular complexity index is 1810. The lowest BCUT2D eigenvalue weighted by Crippen LogP contribution is -2.55. The van der Waals surface area contributed by atoms with Crippen molar-refractivity contribution in [3.8, 4) is 23.2 Å². The number of rotatable bonds is 8. The fourth-order valence-corrected chi connectivity index (χ4v) is 6.60. The number of H-pyrrole nitrogens is 1. The van der Waals surface area contributed by atoms with Gasteiger partial charge in [0.2, 0.25) is 5.88 Å². The fraction of sp³-hybridized carbons (Fsp3) is 0.419. The Balaban J connectivity index is 1.01. The van der Waals surface area contributed by atoms with E-state index in [9.17, 15) is 23.2 Å². The minimum absolute atomic E-state index is 0.0209. The van der Waals surface area contributed by atoms with Crippen LogP contribution in [0.15, 0.2) is 55.3 Å². The van der Waals surface area contributed by atoms with Gasteiger partial charge in [0.05, 0.1) is 30.5 Å². The number of allylic oxidation sites excluding steroid dienone is 1. The minimum Gasteiger partial charge on any atom is -0.474 e. The third-order valence-corrected chi connectivity index (χ3v) is 8.94. The van der Waals surface area contributed by atoms with Crippen molar-refractivity contribution in [2.75, 3.05) is 26.2 Å². The number of carbonyl (C=O) groups is 1. The molecule has 2 unspecified atom stereocenters. The highest BCUT2D eigenvalue weighted by Crippen LogP contribution is 2.44. The normalized spacial score (nSPS) is 22.7. The van der Waals surface area contributed by atoms with Gasteiger partial charge in [-0.2, -0.15) is 23.5 Å². The number of nitrogens with zero attached hydrogens (tertiary/aromatic N) is 8. The van der Waals surface area contributed by atoms with Crippen LogP contribution in [0.1, 0.15) is 36.6 Å². The molecule has 0 radical (unpaired) electrons. The maximum Gasteiger partial charge on any atom is 0.433 e. The standard InChI is InChI=1S/C31H30F3N9O3/c32-31(33,34)26-12-19(16-42-10-11-45-30(42)44)13-27(40-26)46-21-4-8-41(9-5-21)24-14-25(22(24)2-1-6-35)43-17-20(15-39-43)28-23-3-7-36-29(23)38-18-37-28/h1-3,7,12-13,15,17-18,21-22,24-25H,4-5,8-11,14,16H2,(H,36,37,38)/b2-1+/t22?,24?,25-/m0/s1. The summed E-state index contributed by atoms with van der Waals surface area (Å²) in [6.07, 6.45) is 7.06. The van der Waals surface area contributed by atoms with E-state index in [1.54, 1.807) is 6.20 Å². The summed E-state index contributed by atoms with van der Waals surface area (Å²) in [4.78, 5) is 31.1. The van der Waals surface area contributed by atoms with E-state index in [0.29, 0.717) is 32.5 Å². The van der Waals surface area contributed by atoms with Crippen LogP contribution < -0.4 is 4.74 Å². The van der Waals surface area contributed by atoms with Crippen LogP contribution in [0.2, 0.25) is 0 Å². The highest BCUT2D eigenvalue weighted by atomic mass is 19.4. The van der Waals surface area contributed by atoms with Gasteiger partial charge in [-0.15, -0.1) is 0 Å². The molecule has 4 aromatic heterocycles. The second-order valence-corrected chi connectivity index (χ2v) is 11.7. The molecular formula is C31H30F3N9O3. The molecule has 3 aliphatic rings. The number of amides is 1. The van der Waals surface area contributed by atoms with Crippen molar-refractivity contribution in [1.82, 2.24) is 39.5 Å². The molecule has 7 rings (SSSR count). The van der Waals surface area contributed by atoms with Crippen LogP contribution in [0.25, 0.3) is 22.3 Å². The molecular weight excluding hydrogens is 603 g/mol. The predicted octanol–water partition coefficient (Wildman–Crippen LogP) is 4.74. The first-order chi connectivity index (χ1) is 22.3. The smallest absolute Gasteiger partial charge is 0.433 e. The maximum absolute atomic E-state index is 13.6. The summed E-state index contributed by atoms with van der Waals surface area (Å²) in [5, 5.41) is 14.8. The first-order valence-electron chi connectivity index (χ1n) is 15.1. The third kappa shape index (κ3) is 5.87. The Morgan fingerprint density at radius 1 is 1.17 bits per heavy atom. The van der Waals surface area contributed by atoms with Gasteiger partial charge < -0.3 is 19.4 Å². The van der Waals surface area contributed by atoms with Crippen molar-refractivity contribution in [1.29, 1.82) is 5.26 Å². The Hall–Kier alpha value is -4.97. The van der Waals surface area contributed by atoms with E-state index in [0.717, 1.165) is 34.8 Å². The molecule has 0 bridgehead atoms. The van der Waals surface area contributed by atoms with Crippen molar-refractivity contribution >= 4 is 17.1 Å². The molecule has 15 heteroatoms. The molecule has 6 heterocycles. The number of ether oxygens (including phenoxy) is 2. The van der Waals surface area contributed by atoms with Gasteiger partial charge in [0.25, 0.3) is 0 Å². The van der Waals surface area contributed by atoms with Crippen LogP contribution in [0.5, 0.6) is 5.88 Å². The van der Waals surface area contributed by atoms with Crippen LogP contribution in [-0.4, -0.2) is 84.0 Å². The van der Waals surface area contributed by atoms with Gasteiger partial charge in [-0.1, -0.05) is 6.08 Å². The molecule has 0 aromatic carbocycles. The van der Waals surface area contributed by atoms with Gasteiger partial charge in [0.15, 0.2) is 0 Å². The zero-order chi connectivity index (χ0) is 31.8. The van der Waals surface area contributed by atoms with Crippen molar-refractivity contribution in [2.24, 2.45) is 5.92 Å². The van der Waals surface area contributed by atoms with Crippen molar-refractivity contribution in [3.63, 3.8) is 0 Å². The van der Waals surface area contributed by atoms with Crippen LogP contribution in [-0.2, 0) is 17.5 Å². The van der Waals surface area contributed by atoms with E-state index in [4.69, 9.17) is 9.47 Å². The topological polar surface area (TPSA) is 138 Å². The predicted molar refractivity (Wildman–Crippen MR) is 157 cm³/mol. The summed E-state index contributed by atoms with van der Waals surface area (Å²) < 4.78 is 53.8. The number of nitriles is 1. The molecule has 4 aromatic rings. The summed E-state index contributed by atoms with van der Waals surface area (Å²) in [6, 6.07) is 6.68. The number of cyclic esters (lactones) is 1. The minimum atomic E-state index is -4.66. The Labute approximate surface area is 261 Å². The molecule has 238 valence electrons. The van der Waals surface area contributed by atoms with Crippen molar-refractivity contribution in [2.45, 2.75) is 50.2 Å². The number of aromatic amines is 1. The molecule has 46 heavy (non-hydrogen) atoms. The van der Waals surface area contributed by atoms with Crippen LogP contribution in [0.3, 0.4) is 0 Å². The Morgan fingerprint density at radius 3 is 2.78 bits per heavy atom. The molecule has 1 N–H and O–H groups in total. The maximum atomic E-state index is 13.6. The number of aromatic nitrogens is 6. The first kappa shape index (κ1) is 29.7. The van der Waals surface area contributed by atoms with Crippen molar-refractivity contribution < 1.29 is 27.4 Å². The number of nitrogens with one attached hydrogen (secondary N) is 1. The zero-order valence-electron chi connectivity index (χ0n) is 24.6. The molecule has 1 amide bonds. The fourth-order valence-electron chi connectivity index (χ4n) is 6.60. The third-order valence-electron chi connectivity index (χ3n) is 8.94. The molecule has 3 atom stereocenters. The van der Waals surface area contributed by atoms with E-state index in [2.05, 4.69) is 36.0 Å². The van der Waals surface area contributed by atoms with E-state index >= 15 is 0 Å². The van der Waals surface area contributed by atoms with E-state index < -0.39 is 18.0 Å². The summed E-state index contributed by atoms with van der Waals surface area (Å²) >= 11 is 0. The van der Waals surface area contributed by atoms with E-state index in [-0.39, 0.29) is 48.7 Å². The summed E-state index contributed by atoms with van der Waals surface area (Å²) in [7, 11) is 0. The Morgan fingerprint density at radius 2 is 2.02 bits per heavy atom. The monoisotopic (exact) mass is 633 g/mol. The van der Waals surface area contributed by atoms with Gasteiger partial charge in [0.1, 0.15) is 30.4 Å². The van der Waals surface area contributed by atoms with Gasteiger partial charge in [-0.3, -0.25) is 9.58 Å². The van der Waals surface area contributed by atoms with Gasteiger partial charge in [-0.25, -0.2) is 19.7 Å². The molecule has 12 nitrogen and oxygen atoms in total.